The summed E-state index contributed by atoms with van der Waals surface area (Å²) in [5, 5.41) is 5.38. The molecule has 1 heterocycles. The van der Waals surface area contributed by atoms with Crippen LogP contribution in [0, 0.1) is 0 Å². The largest absolute Gasteiger partial charge is 0.487 e. The maximum atomic E-state index is 6.22. The number of nitrogens with zero attached hydrogens (tertiary/aromatic N) is 1. The Morgan fingerprint density at radius 2 is 1.04 bits per heavy atom. The second-order valence-electron chi connectivity index (χ2n) is 13.1. The number of hydrogen-bond donors (Lipinski definition) is 0. The third kappa shape index (κ3) is 9.68. The van der Waals surface area contributed by atoms with Gasteiger partial charge in [0.1, 0.15) is 19.8 Å². The van der Waals surface area contributed by atoms with E-state index >= 15 is 0 Å². The van der Waals surface area contributed by atoms with Gasteiger partial charge < -0.3 is 28.2 Å². The third-order valence-corrected chi connectivity index (χ3v) is 8.96. The molecule has 0 saturated heterocycles. The van der Waals surface area contributed by atoms with E-state index in [0.29, 0.717) is 52.9 Å². The quantitative estimate of drug-likeness (QED) is 0.0949. The van der Waals surface area contributed by atoms with Crippen LogP contribution in [0.25, 0.3) is 21.5 Å². The van der Waals surface area contributed by atoms with Gasteiger partial charge in [-0.25, -0.2) is 0 Å². The van der Waals surface area contributed by atoms with E-state index in [9.17, 15) is 0 Å². The van der Waals surface area contributed by atoms with Crippen LogP contribution in [0.4, 0.5) is 0 Å². The molecule has 0 atom stereocenters. The van der Waals surface area contributed by atoms with Crippen LogP contribution >= 0.6 is 0 Å². The Kier molecular flexibility index (Phi) is 13.1. The van der Waals surface area contributed by atoms with Gasteiger partial charge in [-0.1, -0.05) is 87.2 Å². The number of rotatable bonds is 11. The average Bonchev–Trinajstić information content (AvgIpc) is 3.07. The average molecular weight is 629 g/mol. The van der Waals surface area contributed by atoms with Gasteiger partial charge in [0, 0.05) is 5.56 Å². The van der Waals surface area contributed by atoms with Crippen LogP contribution in [0.1, 0.15) is 62.1 Å². The van der Waals surface area contributed by atoms with Crippen LogP contribution in [-0.2, 0) is 27.2 Å². The lowest BCUT2D eigenvalue weighted by Crippen LogP contribution is -2.39. The summed E-state index contributed by atoms with van der Waals surface area (Å²) >= 11 is 0. The zero-order valence-corrected chi connectivity index (χ0v) is 28.4. The van der Waals surface area contributed by atoms with Crippen LogP contribution in [0.5, 0.6) is 11.5 Å². The molecular formula is C40H54NO5+. The maximum absolute atomic E-state index is 6.22. The van der Waals surface area contributed by atoms with Crippen molar-refractivity contribution in [2.24, 2.45) is 0 Å². The lowest BCUT2D eigenvalue weighted by molar-refractivity contribution is -0.903. The van der Waals surface area contributed by atoms with Gasteiger partial charge in [-0.05, 0) is 64.1 Å². The van der Waals surface area contributed by atoms with Crippen molar-refractivity contribution in [2.75, 3.05) is 73.5 Å². The molecule has 1 aliphatic rings. The smallest absolute Gasteiger partial charge is 0.161 e. The molecule has 0 aliphatic carbocycles. The summed E-state index contributed by atoms with van der Waals surface area (Å²) in [5.41, 5.74) is 3.99. The van der Waals surface area contributed by atoms with Gasteiger partial charge in [0.05, 0.1) is 60.3 Å². The molecule has 46 heavy (non-hydrogen) atoms. The first-order valence-electron chi connectivity index (χ1n) is 17.4. The molecule has 0 N–H and O–H groups in total. The molecule has 0 spiro atoms. The van der Waals surface area contributed by atoms with Crippen LogP contribution in [0.2, 0.25) is 0 Å². The van der Waals surface area contributed by atoms with Gasteiger partial charge in [0.25, 0.3) is 0 Å². The first-order valence-corrected chi connectivity index (χ1v) is 17.4. The second-order valence-corrected chi connectivity index (χ2v) is 13.1. The Labute approximate surface area is 276 Å². The number of benzene rings is 4. The molecule has 0 aromatic heterocycles. The number of unbranched alkanes of at least 4 members (excludes halogenated alkanes) is 5. The molecule has 0 fully saturated rings. The van der Waals surface area contributed by atoms with Crippen LogP contribution in [-0.4, -0.2) is 78.0 Å². The monoisotopic (exact) mass is 628 g/mol. The molecule has 1 aliphatic heterocycles. The second kappa shape index (κ2) is 17.7. The molecule has 0 saturated carbocycles. The van der Waals surface area contributed by atoms with E-state index in [1.54, 1.807) is 0 Å². The fourth-order valence-corrected chi connectivity index (χ4v) is 6.56. The van der Waals surface area contributed by atoms with Crippen molar-refractivity contribution in [1.82, 2.24) is 0 Å². The third-order valence-electron chi connectivity index (χ3n) is 8.96. The first kappa shape index (κ1) is 34.2. The van der Waals surface area contributed by atoms with Crippen molar-refractivity contribution in [1.29, 1.82) is 0 Å². The fraction of sp³-hybridized carbons (Fsp3) is 0.500. The zero-order chi connectivity index (χ0) is 32.0. The Balaban J connectivity index is 1.41. The molecule has 4 aromatic rings. The minimum atomic E-state index is 0.448. The fourth-order valence-electron chi connectivity index (χ4n) is 6.56. The Bertz CT molecular complexity index is 1460. The number of fused-ring (bicyclic) bond motifs is 3. The Morgan fingerprint density at radius 1 is 0.543 bits per heavy atom. The molecule has 6 heteroatoms. The predicted molar refractivity (Wildman–Crippen MR) is 188 cm³/mol. The Morgan fingerprint density at radius 3 is 1.63 bits per heavy atom. The van der Waals surface area contributed by atoms with E-state index in [2.05, 4.69) is 81.7 Å². The normalized spacial score (nSPS) is 15.5. The highest BCUT2D eigenvalue weighted by molar-refractivity contribution is 6.06. The summed E-state index contributed by atoms with van der Waals surface area (Å²) in [6, 6.07) is 24.3. The minimum absolute atomic E-state index is 0.448. The van der Waals surface area contributed by atoms with Crippen molar-refractivity contribution >= 4 is 21.5 Å². The molecule has 0 bridgehead atoms. The predicted octanol–water partition coefficient (Wildman–Crippen LogP) is 8.34. The van der Waals surface area contributed by atoms with Crippen LogP contribution < -0.4 is 9.47 Å². The van der Waals surface area contributed by atoms with Crippen molar-refractivity contribution in [2.45, 2.75) is 58.4 Å². The highest BCUT2D eigenvalue weighted by Gasteiger charge is 2.22. The van der Waals surface area contributed by atoms with Gasteiger partial charge in [0.2, 0.25) is 0 Å². The first-order chi connectivity index (χ1) is 22.6. The van der Waals surface area contributed by atoms with Gasteiger partial charge in [-0.3, -0.25) is 0 Å². The summed E-state index contributed by atoms with van der Waals surface area (Å²) < 4.78 is 30.2. The van der Waals surface area contributed by atoms with Gasteiger partial charge in [-0.15, -0.1) is 0 Å². The minimum Gasteiger partial charge on any atom is -0.487 e. The molecular weight excluding hydrogens is 574 g/mol. The maximum Gasteiger partial charge on any atom is 0.161 e. The lowest BCUT2D eigenvalue weighted by Gasteiger charge is -2.31. The summed E-state index contributed by atoms with van der Waals surface area (Å²) in [6.45, 7) is 8.58. The molecule has 6 nitrogen and oxygen atoms in total. The van der Waals surface area contributed by atoms with Gasteiger partial charge in [-0.2, -0.15) is 0 Å². The molecule has 4 aromatic carbocycles. The molecule has 0 unspecified atom stereocenters. The highest BCUT2D eigenvalue weighted by Crippen LogP contribution is 2.37. The standard InChI is InChI=1S/C40H54NO5/c1-4-5-6-7-8-13-20-41(2,3)31-38-35-16-11-9-14-33(35)37(34-15-10-12-17-36(34)38)29-32-18-19-39-40(30-32)46-28-26-44-24-22-42-21-23-43-25-27-45-39/h9-12,14-19,30H,4-8,13,20-29,31H2,1-3H3/q+1. The van der Waals surface area contributed by atoms with E-state index in [0.717, 1.165) is 28.9 Å². The van der Waals surface area contributed by atoms with Gasteiger partial charge in [0.15, 0.2) is 11.5 Å². The van der Waals surface area contributed by atoms with E-state index < -0.39 is 0 Å². The number of hydrogen-bond acceptors (Lipinski definition) is 5. The van der Waals surface area contributed by atoms with E-state index in [1.165, 1.54) is 83.3 Å². The molecule has 5 rings (SSSR count). The van der Waals surface area contributed by atoms with Crippen LogP contribution in [0.3, 0.4) is 0 Å². The molecule has 248 valence electrons. The van der Waals surface area contributed by atoms with Gasteiger partial charge >= 0.3 is 0 Å². The van der Waals surface area contributed by atoms with Crippen molar-refractivity contribution in [3.63, 3.8) is 0 Å². The number of quaternary nitrogens is 1. The summed E-state index contributed by atoms with van der Waals surface area (Å²) in [4.78, 5) is 0. The van der Waals surface area contributed by atoms with E-state index in [4.69, 9.17) is 23.7 Å². The number of ether oxygens (including phenoxy) is 5. The highest BCUT2D eigenvalue weighted by atomic mass is 16.6. The summed E-state index contributed by atoms with van der Waals surface area (Å²) in [5.74, 6) is 1.47. The van der Waals surface area contributed by atoms with Crippen LogP contribution in [0.15, 0.2) is 66.7 Å². The summed E-state index contributed by atoms with van der Waals surface area (Å²) in [7, 11) is 4.79. The summed E-state index contributed by atoms with van der Waals surface area (Å²) in [6.07, 6.45) is 8.78. The van der Waals surface area contributed by atoms with Crippen molar-refractivity contribution in [3.8, 4) is 11.5 Å². The van der Waals surface area contributed by atoms with Crippen molar-refractivity contribution < 1.29 is 28.2 Å². The van der Waals surface area contributed by atoms with E-state index in [1.807, 2.05) is 6.07 Å². The Hall–Kier alpha value is -3.16. The SMILES string of the molecule is CCCCCCCC[N+](C)(C)Cc1c2ccccc2c(Cc2ccc3c(c2)OCCOCCOCCOCCO3)c2ccccc12. The van der Waals surface area contributed by atoms with Crippen molar-refractivity contribution in [3.05, 3.63) is 83.4 Å². The topological polar surface area (TPSA) is 46.2 Å². The molecule has 0 amide bonds. The zero-order valence-electron chi connectivity index (χ0n) is 28.4. The van der Waals surface area contributed by atoms with E-state index in [-0.39, 0.29) is 0 Å². The lowest BCUT2D eigenvalue weighted by atomic mass is 9.88. The molecule has 0 radical (unpaired) electrons.